The first kappa shape index (κ1) is 13.1. The Hall–Kier alpha value is -2.37. The maximum absolute atomic E-state index is 11.6. The zero-order valence-corrected chi connectivity index (χ0v) is 10.9. The van der Waals surface area contributed by atoms with Gasteiger partial charge in [0.1, 0.15) is 11.5 Å². The maximum atomic E-state index is 11.6. The molecule has 0 atom stereocenters. The van der Waals surface area contributed by atoms with Gasteiger partial charge < -0.3 is 13.9 Å². The van der Waals surface area contributed by atoms with Gasteiger partial charge >= 0.3 is 5.97 Å². The molecule has 0 saturated heterocycles. The molecule has 2 aromatic heterocycles. The molecule has 0 radical (unpaired) electrons. The molecule has 0 aliphatic rings. The van der Waals surface area contributed by atoms with E-state index in [0.717, 1.165) is 0 Å². The number of rotatable bonds is 4. The summed E-state index contributed by atoms with van der Waals surface area (Å²) in [7, 11) is 1.33. The van der Waals surface area contributed by atoms with Crippen molar-refractivity contribution < 1.29 is 9.53 Å². The molecule has 0 spiro atoms. The molecular weight excluding hydrogens is 246 g/mol. The van der Waals surface area contributed by atoms with Crippen molar-refractivity contribution >= 4 is 5.97 Å². The second-order valence-electron chi connectivity index (χ2n) is 4.07. The third kappa shape index (κ3) is 2.73. The largest absolute Gasteiger partial charge is 0.464 e. The molecule has 2 aromatic rings. The maximum Gasteiger partial charge on any atom is 0.356 e. The second kappa shape index (κ2) is 5.51. The van der Waals surface area contributed by atoms with Crippen LogP contribution in [0.15, 0.2) is 35.4 Å². The number of nitrogens with zero attached hydrogens (tertiary/aromatic N) is 3. The minimum Gasteiger partial charge on any atom is -0.464 e. The topological polar surface area (TPSA) is 66.1 Å². The standard InChI is InChI=1S/C13H15N3O3/c1-10-14-9-11(13(18)19-2)16(10)8-7-15-6-4-3-5-12(15)17/h3-6,9H,7-8H2,1-2H3. The Balaban J connectivity index is 2.20. The van der Waals surface area contributed by atoms with Crippen molar-refractivity contribution in [1.29, 1.82) is 0 Å². The van der Waals surface area contributed by atoms with Crippen LogP contribution in [0.3, 0.4) is 0 Å². The molecule has 6 nitrogen and oxygen atoms in total. The fourth-order valence-electron chi connectivity index (χ4n) is 1.87. The van der Waals surface area contributed by atoms with Crippen LogP contribution in [0, 0.1) is 6.92 Å². The summed E-state index contributed by atoms with van der Waals surface area (Å²) in [5.74, 6) is 0.283. The predicted octanol–water partition coefficient (Wildman–Crippen LogP) is 0.840. The van der Waals surface area contributed by atoms with E-state index in [4.69, 9.17) is 4.74 Å². The number of hydrogen-bond acceptors (Lipinski definition) is 4. The summed E-state index contributed by atoms with van der Waals surface area (Å²) in [5, 5.41) is 0. The number of pyridine rings is 1. The summed E-state index contributed by atoms with van der Waals surface area (Å²) in [6, 6.07) is 4.99. The molecule has 2 rings (SSSR count). The summed E-state index contributed by atoms with van der Waals surface area (Å²) in [6.45, 7) is 2.77. The van der Waals surface area contributed by atoms with E-state index < -0.39 is 5.97 Å². The van der Waals surface area contributed by atoms with Crippen molar-refractivity contribution in [2.24, 2.45) is 0 Å². The van der Waals surface area contributed by atoms with E-state index in [1.54, 1.807) is 34.4 Å². The number of aromatic nitrogens is 3. The highest BCUT2D eigenvalue weighted by Gasteiger charge is 2.14. The molecule has 6 heteroatoms. The van der Waals surface area contributed by atoms with Gasteiger partial charge in [-0.05, 0) is 13.0 Å². The highest BCUT2D eigenvalue weighted by molar-refractivity contribution is 5.87. The second-order valence-corrected chi connectivity index (χ2v) is 4.07. The van der Waals surface area contributed by atoms with Gasteiger partial charge in [0.15, 0.2) is 0 Å². The third-order valence-corrected chi connectivity index (χ3v) is 2.91. The molecule has 0 bridgehead atoms. The van der Waals surface area contributed by atoms with Gasteiger partial charge in [-0.2, -0.15) is 0 Å². The van der Waals surface area contributed by atoms with Crippen LogP contribution in [-0.2, 0) is 17.8 Å². The first-order valence-electron chi connectivity index (χ1n) is 5.89. The van der Waals surface area contributed by atoms with E-state index in [2.05, 4.69) is 4.98 Å². The van der Waals surface area contributed by atoms with Crippen LogP contribution in [0.2, 0.25) is 0 Å². The molecule has 100 valence electrons. The van der Waals surface area contributed by atoms with Crippen LogP contribution >= 0.6 is 0 Å². The van der Waals surface area contributed by atoms with Crippen molar-refractivity contribution in [3.8, 4) is 0 Å². The Kier molecular flexibility index (Phi) is 3.79. The number of methoxy groups -OCH3 is 1. The van der Waals surface area contributed by atoms with Gasteiger partial charge in [-0.1, -0.05) is 6.07 Å². The lowest BCUT2D eigenvalue weighted by molar-refractivity contribution is 0.0587. The van der Waals surface area contributed by atoms with Crippen molar-refractivity contribution in [3.05, 3.63) is 52.5 Å². The van der Waals surface area contributed by atoms with Crippen molar-refractivity contribution in [1.82, 2.24) is 14.1 Å². The zero-order valence-electron chi connectivity index (χ0n) is 10.9. The average Bonchev–Trinajstić information content (AvgIpc) is 2.78. The normalized spacial score (nSPS) is 10.4. The van der Waals surface area contributed by atoms with Crippen LogP contribution < -0.4 is 5.56 Å². The number of hydrogen-bond donors (Lipinski definition) is 0. The average molecular weight is 261 g/mol. The molecule has 2 heterocycles. The fourth-order valence-corrected chi connectivity index (χ4v) is 1.87. The Labute approximate surface area is 110 Å². The molecule has 0 amide bonds. The van der Waals surface area contributed by atoms with Crippen LogP contribution in [0.25, 0.3) is 0 Å². The first-order valence-corrected chi connectivity index (χ1v) is 5.89. The summed E-state index contributed by atoms with van der Waals surface area (Å²) in [4.78, 5) is 27.3. The molecular formula is C13H15N3O3. The summed E-state index contributed by atoms with van der Waals surface area (Å²) in [6.07, 6.45) is 3.20. The van der Waals surface area contributed by atoms with Crippen LogP contribution in [0.1, 0.15) is 16.3 Å². The predicted molar refractivity (Wildman–Crippen MR) is 69.0 cm³/mol. The quantitative estimate of drug-likeness (QED) is 0.765. The Bertz CT molecular complexity index is 643. The highest BCUT2D eigenvalue weighted by atomic mass is 16.5. The summed E-state index contributed by atoms with van der Waals surface area (Å²) >= 11 is 0. The smallest absolute Gasteiger partial charge is 0.356 e. The van der Waals surface area contributed by atoms with Gasteiger partial charge in [0.2, 0.25) is 0 Å². The van der Waals surface area contributed by atoms with Crippen molar-refractivity contribution in [3.63, 3.8) is 0 Å². The minimum absolute atomic E-state index is 0.0695. The van der Waals surface area contributed by atoms with Crippen LogP contribution in [-0.4, -0.2) is 27.2 Å². The lowest BCUT2D eigenvalue weighted by Crippen LogP contribution is -2.22. The Morgan fingerprint density at radius 2 is 2.16 bits per heavy atom. The van der Waals surface area contributed by atoms with Gasteiger partial charge in [-0.3, -0.25) is 4.79 Å². The number of esters is 1. The lowest BCUT2D eigenvalue weighted by Gasteiger charge is -2.10. The molecule has 0 N–H and O–H groups in total. The SMILES string of the molecule is COC(=O)c1cnc(C)n1CCn1ccccc1=O. The Morgan fingerprint density at radius 1 is 1.37 bits per heavy atom. The summed E-state index contributed by atoms with van der Waals surface area (Å²) < 4.78 is 8.02. The molecule has 0 saturated carbocycles. The number of aryl methyl sites for hydroxylation is 2. The van der Waals surface area contributed by atoms with E-state index in [1.807, 2.05) is 0 Å². The Morgan fingerprint density at radius 3 is 2.84 bits per heavy atom. The van der Waals surface area contributed by atoms with E-state index in [1.165, 1.54) is 19.4 Å². The number of carbonyl (C=O) groups is 1. The first-order chi connectivity index (χ1) is 9.13. The van der Waals surface area contributed by atoms with Gasteiger partial charge in [0.25, 0.3) is 5.56 Å². The number of carbonyl (C=O) groups excluding carboxylic acids is 1. The molecule has 0 aliphatic carbocycles. The van der Waals surface area contributed by atoms with Crippen molar-refractivity contribution in [2.75, 3.05) is 7.11 Å². The molecule has 0 aromatic carbocycles. The van der Waals surface area contributed by atoms with E-state index >= 15 is 0 Å². The van der Waals surface area contributed by atoms with Gasteiger partial charge in [0.05, 0.1) is 13.3 Å². The summed E-state index contributed by atoms with van der Waals surface area (Å²) in [5.41, 5.74) is 0.323. The van der Waals surface area contributed by atoms with Gasteiger partial charge in [0, 0.05) is 25.4 Å². The van der Waals surface area contributed by atoms with E-state index in [-0.39, 0.29) is 5.56 Å². The van der Waals surface area contributed by atoms with Crippen LogP contribution in [0.4, 0.5) is 0 Å². The molecule has 0 aliphatic heterocycles. The van der Waals surface area contributed by atoms with Gasteiger partial charge in [-0.25, -0.2) is 9.78 Å². The highest BCUT2D eigenvalue weighted by Crippen LogP contribution is 2.06. The fraction of sp³-hybridized carbons (Fsp3) is 0.308. The van der Waals surface area contributed by atoms with E-state index in [0.29, 0.717) is 24.6 Å². The third-order valence-electron chi connectivity index (χ3n) is 2.91. The number of imidazole rings is 1. The molecule has 0 fully saturated rings. The minimum atomic E-state index is -0.430. The van der Waals surface area contributed by atoms with Crippen molar-refractivity contribution in [2.45, 2.75) is 20.0 Å². The monoisotopic (exact) mass is 261 g/mol. The number of ether oxygens (including phenoxy) is 1. The van der Waals surface area contributed by atoms with Crippen LogP contribution in [0.5, 0.6) is 0 Å². The van der Waals surface area contributed by atoms with Gasteiger partial charge in [-0.15, -0.1) is 0 Å². The lowest BCUT2D eigenvalue weighted by atomic mass is 10.4. The van der Waals surface area contributed by atoms with E-state index in [9.17, 15) is 9.59 Å². The zero-order chi connectivity index (χ0) is 13.8. The molecule has 0 unspecified atom stereocenters. The molecule has 19 heavy (non-hydrogen) atoms.